The SMILES string of the molecule is CNc1nc(C)nc(NCC2CC2)c1C. The van der Waals surface area contributed by atoms with Gasteiger partial charge in [-0.15, -0.1) is 0 Å². The summed E-state index contributed by atoms with van der Waals surface area (Å²) in [5.41, 5.74) is 1.10. The van der Waals surface area contributed by atoms with Crippen LogP contribution in [0.4, 0.5) is 11.6 Å². The van der Waals surface area contributed by atoms with E-state index in [4.69, 9.17) is 0 Å². The van der Waals surface area contributed by atoms with Gasteiger partial charge in [0.15, 0.2) is 0 Å². The first-order valence-electron chi connectivity index (χ1n) is 5.47. The van der Waals surface area contributed by atoms with Crippen LogP contribution < -0.4 is 10.6 Å². The van der Waals surface area contributed by atoms with Gasteiger partial charge in [0.2, 0.25) is 0 Å². The Labute approximate surface area is 90.5 Å². The van der Waals surface area contributed by atoms with Crippen molar-refractivity contribution in [3.05, 3.63) is 11.4 Å². The average molecular weight is 206 g/mol. The minimum Gasteiger partial charge on any atom is -0.373 e. The Morgan fingerprint density at radius 2 is 1.87 bits per heavy atom. The number of hydrogen-bond acceptors (Lipinski definition) is 4. The molecular weight excluding hydrogens is 188 g/mol. The Balaban J connectivity index is 2.15. The molecule has 0 saturated heterocycles. The first kappa shape index (κ1) is 10.2. The quantitative estimate of drug-likeness (QED) is 0.790. The van der Waals surface area contributed by atoms with Crippen LogP contribution in [0.15, 0.2) is 0 Å². The fourth-order valence-electron chi connectivity index (χ4n) is 1.61. The summed E-state index contributed by atoms with van der Waals surface area (Å²) < 4.78 is 0. The highest BCUT2D eigenvalue weighted by Gasteiger charge is 2.21. The van der Waals surface area contributed by atoms with Crippen LogP contribution in [0.5, 0.6) is 0 Å². The zero-order chi connectivity index (χ0) is 10.8. The molecule has 0 bridgehead atoms. The Morgan fingerprint density at radius 3 is 2.47 bits per heavy atom. The molecule has 4 heteroatoms. The third-order valence-corrected chi connectivity index (χ3v) is 2.75. The first-order chi connectivity index (χ1) is 7.20. The van der Waals surface area contributed by atoms with E-state index in [1.807, 2.05) is 20.9 Å². The summed E-state index contributed by atoms with van der Waals surface area (Å²) in [5, 5.41) is 6.49. The van der Waals surface area contributed by atoms with Crippen molar-refractivity contribution in [3.8, 4) is 0 Å². The zero-order valence-electron chi connectivity index (χ0n) is 9.59. The minimum atomic E-state index is 0.809. The maximum atomic E-state index is 4.42. The smallest absolute Gasteiger partial charge is 0.134 e. The number of anilines is 2. The molecule has 82 valence electrons. The molecule has 2 rings (SSSR count). The molecule has 0 aliphatic heterocycles. The lowest BCUT2D eigenvalue weighted by Gasteiger charge is -2.12. The van der Waals surface area contributed by atoms with Crippen molar-refractivity contribution >= 4 is 11.6 Å². The summed E-state index contributed by atoms with van der Waals surface area (Å²) in [4.78, 5) is 8.75. The number of nitrogens with one attached hydrogen (secondary N) is 2. The number of aromatic nitrogens is 2. The van der Waals surface area contributed by atoms with Crippen LogP contribution in [0, 0.1) is 19.8 Å². The van der Waals surface area contributed by atoms with E-state index >= 15 is 0 Å². The monoisotopic (exact) mass is 206 g/mol. The third-order valence-electron chi connectivity index (χ3n) is 2.75. The molecule has 1 aliphatic carbocycles. The molecule has 1 heterocycles. The molecule has 1 fully saturated rings. The van der Waals surface area contributed by atoms with Crippen LogP contribution in [0.3, 0.4) is 0 Å². The Hall–Kier alpha value is -1.32. The fraction of sp³-hybridized carbons (Fsp3) is 0.636. The normalized spacial score (nSPS) is 15.1. The van der Waals surface area contributed by atoms with E-state index in [0.717, 1.165) is 35.5 Å². The second kappa shape index (κ2) is 4.04. The van der Waals surface area contributed by atoms with Crippen LogP contribution in [0.2, 0.25) is 0 Å². The van der Waals surface area contributed by atoms with Gasteiger partial charge in [-0.25, -0.2) is 9.97 Å². The summed E-state index contributed by atoms with van der Waals surface area (Å²) in [6, 6.07) is 0. The van der Waals surface area contributed by atoms with Gasteiger partial charge >= 0.3 is 0 Å². The molecule has 0 aromatic carbocycles. The van der Waals surface area contributed by atoms with Gasteiger partial charge in [0.05, 0.1) is 0 Å². The Bertz CT molecular complexity index is 358. The van der Waals surface area contributed by atoms with E-state index in [-0.39, 0.29) is 0 Å². The van der Waals surface area contributed by atoms with Crippen LogP contribution in [0.25, 0.3) is 0 Å². The standard InChI is InChI=1S/C11H18N4/c1-7-10(12-3)14-8(2)15-11(7)13-6-9-4-5-9/h9H,4-6H2,1-3H3,(H2,12,13,14,15). The summed E-state index contributed by atoms with van der Waals surface area (Å²) in [7, 11) is 1.89. The molecule has 0 atom stereocenters. The molecule has 1 aliphatic rings. The predicted octanol–water partition coefficient (Wildman–Crippen LogP) is 1.96. The van der Waals surface area contributed by atoms with Gasteiger partial charge in [0, 0.05) is 19.2 Å². The summed E-state index contributed by atoms with van der Waals surface area (Å²) in [6.07, 6.45) is 2.71. The van der Waals surface area contributed by atoms with Crippen LogP contribution in [-0.2, 0) is 0 Å². The van der Waals surface area contributed by atoms with Gasteiger partial charge < -0.3 is 10.6 Å². The highest BCUT2D eigenvalue weighted by Crippen LogP contribution is 2.29. The second-order valence-electron chi connectivity index (χ2n) is 4.17. The topological polar surface area (TPSA) is 49.8 Å². The highest BCUT2D eigenvalue weighted by atomic mass is 15.1. The molecule has 1 aromatic heterocycles. The van der Waals surface area contributed by atoms with Crippen molar-refractivity contribution in [2.75, 3.05) is 24.2 Å². The van der Waals surface area contributed by atoms with Crippen molar-refractivity contribution < 1.29 is 0 Å². The number of aryl methyl sites for hydroxylation is 1. The number of hydrogen-bond donors (Lipinski definition) is 2. The Morgan fingerprint density at radius 1 is 1.20 bits per heavy atom. The molecule has 1 aromatic rings. The highest BCUT2D eigenvalue weighted by molar-refractivity contribution is 5.56. The molecule has 15 heavy (non-hydrogen) atoms. The number of rotatable bonds is 4. The van der Waals surface area contributed by atoms with Gasteiger partial charge in [-0.3, -0.25) is 0 Å². The first-order valence-corrected chi connectivity index (χ1v) is 5.47. The minimum absolute atomic E-state index is 0.809. The van der Waals surface area contributed by atoms with Crippen LogP contribution in [-0.4, -0.2) is 23.6 Å². The van der Waals surface area contributed by atoms with Crippen molar-refractivity contribution in [2.45, 2.75) is 26.7 Å². The van der Waals surface area contributed by atoms with Gasteiger partial charge in [0.25, 0.3) is 0 Å². The lowest BCUT2D eigenvalue weighted by molar-refractivity contribution is 0.874. The van der Waals surface area contributed by atoms with Gasteiger partial charge in [-0.2, -0.15) is 0 Å². The average Bonchev–Trinajstić information content (AvgIpc) is 3.02. The molecule has 4 nitrogen and oxygen atoms in total. The predicted molar refractivity (Wildman–Crippen MR) is 62.3 cm³/mol. The summed E-state index contributed by atoms with van der Waals surface area (Å²) >= 11 is 0. The molecule has 1 saturated carbocycles. The third kappa shape index (κ3) is 2.37. The van der Waals surface area contributed by atoms with Crippen molar-refractivity contribution in [2.24, 2.45) is 5.92 Å². The zero-order valence-corrected chi connectivity index (χ0v) is 9.59. The van der Waals surface area contributed by atoms with Crippen LogP contribution in [0.1, 0.15) is 24.2 Å². The summed E-state index contributed by atoms with van der Waals surface area (Å²) in [6.45, 7) is 5.00. The lowest BCUT2D eigenvalue weighted by Crippen LogP contribution is -2.10. The molecule has 0 unspecified atom stereocenters. The molecule has 0 amide bonds. The Kier molecular flexibility index (Phi) is 2.75. The van der Waals surface area contributed by atoms with Crippen LogP contribution >= 0.6 is 0 Å². The molecular formula is C11H18N4. The fourth-order valence-corrected chi connectivity index (χ4v) is 1.61. The van der Waals surface area contributed by atoms with Gasteiger partial charge in [-0.05, 0) is 32.6 Å². The lowest BCUT2D eigenvalue weighted by atomic mass is 10.3. The molecule has 0 spiro atoms. The van der Waals surface area contributed by atoms with Crippen molar-refractivity contribution in [3.63, 3.8) is 0 Å². The number of nitrogens with zero attached hydrogens (tertiary/aromatic N) is 2. The second-order valence-corrected chi connectivity index (χ2v) is 4.17. The maximum Gasteiger partial charge on any atom is 0.134 e. The maximum absolute atomic E-state index is 4.42. The van der Waals surface area contributed by atoms with Gasteiger partial charge in [-0.1, -0.05) is 0 Å². The van der Waals surface area contributed by atoms with E-state index in [1.54, 1.807) is 0 Å². The van der Waals surface area contributed by atoms with Crippen molar-refractivity contribution in [1.29, 1.82) is 0 Å². The van der Waals surface area contributed by atoms with Crippen molar-refractivity contribution in [1.82, 2.24) is 9.97 Å². The van der Waals surface area contributed by atoms with E-state index in [1.165, 1.54) is 12.8 Å². The van der Waals surface area contributed by atoms with E-state index in [9.17, 15) is 0 Å². The van der Waals surface area contributed by atoms with Gasteiger partial charge in [0.1, 0.15) is 17.5 Å². The van der Waals surface area contributed by atoms with E-state index in [2.05, 4.69) is 20.6 Å². The summed E-state index contributed by atoms with van der Waals surface area (Å²) in [5.74, 6) is 3.56. The largest absolute Gasteiger partial charge is 0.373 e. The van der Waals surface area contributed by atoms with E-state index in [0.29, 0.717) is 0 Å². The molecule has 0 radical (unpaired) electrons. The molecule has 2 N–H and O–H groups in total. The van der Waals surface area contributed by atoms with E-state index < -0.39 is 0 Å².